The van der Waals surface area contributed by atoms with Gasteiger partial charge in [0.25, 0.3) is 0 Å². The average molecular weight is 637 g/mol. The molecule has 15 atom stereocenters. The zero-order chi connectivity index (χ0) is 32.4. The first kappa shape index (κ1) is 33.5. The summed E-state index contributed by atoms with van der Waals surface area (Å²) in [4.78, 5) is 13.1. The minimum absolute atomic E-state index is 0.0112. The molecule has 0 unspecified atom stereocenters. The first-order valence-electron chi connectivity index (χ1n) is 16.9. The molecule has 0 bridgehead atoms. The number of carbonyl (C=O) groups excluding carboxylic acids is 1. The Balaban J connectivity index is 1.15. The maximum absolute atomic E-state index is 13.1. The highest BCUT2D eigenvalue weighted by atomic mass is 16.7. The lowest BCUT2D eigenvalue weighted by atomic mass is 9.46. The van der Waals surface area contributed by atoms with E-state index < -0.39 is 60.9 Å². The normalized spacial score (nSPS) is 49.0. The zero-order valence-electron chi connectivity index (χ0n) is 26.6. The largest absolute Gasteiger partial charge is 0.458 e. The van der Waals surface area contributed by atoms with Crippen LogP contribution in [0.3, 0.4) is 0 Å². The van der Waals surface area contributed by atoms with Gasteiger partial charge in [0.1, 0.15) is 30.5 Å². The molecule has 0 aromatic rings. The van der Waals surface area contributed by atoms with E-state index in [1.807, 2.05) is 0 Å². The Kier molecular flexibility index (Phi) is 9.35. The summed E-state index contributed by atoms with van der Waals surface area (Å²) in [6, 6.07) is 0. The minimum Gasteiger partial charge on any atom is -0.458 e. The molecule has 7 N–H and O–H groups in total. The maximum atomic E-state index is 13.1. The van der Waals surface area contributed by atoms with Crippen molar-refractivity contribution >= 4 is 5.97 Å². The summed E-state index contributed by atoms with van der Waals surface area (Å²) in [5.74, 6) is 0.877. The van der Waals surface area contributed by atoms with E-state index >= 15 is 0 Å². The summed E-state index contributed by atoms with van der Waals surface area (Å²) < 4.78 is 17.3. The van der Waals surface area contributed by atoms with Crippen LogP contribution in [0.25, 0.3) is 0 Å². The van der Waals surface area contributed by atoms with E-state index in [0.717, 1.165) is 43.3 Å². The number of aliphatic hydroxyl groups is 7. The van der Waals surface area contributed by atoms with Crippen molar-refractivity contribution in [1.29, 1.82) is 0 Å². The molecule has 11 nitrogen and oxygen atoms in total. The standard InChI is InChI=1S/C34H52O11/c1-16-18(14-43-32-30(41)29(40)28(39)26(13-35)45-32)10-25(44-31(16)42)17(2)22-6-7-23-21-5-4-19-11-20(37)12-27(38)34(19,15-36)24(21)8-9-33(22,23)3/h4,17,20-30,32,35-41H,5-15H2,1-3H3/t17-,20+,21-,22+,23-,24-,25+,26+,27-,28+,29-,30+,32+,33+,34-/m0/s1. The number of fused-ring (bicyclic) bond motifs is 5. The highest BCUT2D eigenvalue weighted by Gasteiger charge is 2.63. The molecule has 0 spiro atoms. The molecule has 0 radical (unpaired) electrons. The third-order valence-electron chi connectivity index (χ3n) is 13.2. The van der Waals surface area contributed by atoms with Gasteiger partial charge in [-0.25, -0.2) is 4.79 Å². The first-order chi connectivity index (χ1) is 21.4. The summed E-state index contributed by atoms with van der Waals surface area (Å²) in [6.07, 6.45) is -0.325. The van der Waals surface area contributed by atoms with E-state index in [9.17, 15) is 40.5 Å². The molecule has 6 rings (SSSR count). The van der Waals surface area contributed by atoms with Gasteiger partial charge in [0.05, 0.1) is 32.0 Å². The van der Waals surface area contributed by atoms with Crippen LogP contribution in [0.1, 0.15) is 72.1 Å². The number of ether oxygens (including phenoxy) is 3. The number of allylic oxidation sites excluding steroid dienone is 1. The summed E-state index contributed by atoms with van der Waals surface area (Å²) in [7, 11) is 0. The molecule has 11 heteroatoms. The predicted octanol–water partition coefficient (Wildman–Crippen LogP) is 0.954. The van der Waals surface area contributed by atoms with Crippen molar-refractivity contribution in [3.05, 3.63) is 22.8 Å². The van der Waals surface area contributed by atoms with Gasteiger partial charge >= 0.3 is 5.97 Å². The van der Waals surface area contributed by atoms with Gasteiger partial charge in [-0.3, -0.25) is 0 Å². The smallest absolute Gasteiger partial charge is 0.334 e. The topological polar surface area (TPSA) is 186 Å². The fourth-order valence-electron chi connectivity index (χ4n) is 10.6. The summed E-state index contributed by atoms with van der Waals surface area (Å²) in [6.45, 7) is 5.54. The molecule has 4 aliphatic carbocycles. The van der Waals surface area contributed by atoms with Crippen molar-refractivity contribution in [1.82, 2.24) is 0 Å². The van der Waals surface area contributed by atoms with Crippen molar-refractivity contribution < 1.29 is 54.8 Å². The fraction of sp³-hybridized carbons (Fsp3) is 0.853. The van der Waals surface area contributed by atoms with Crippen LogP contribution in [0.2, 0.25) is 0 Å². The second-order valence-corrected chi connectivity index (χ2v) is 15.1. The van der Waals surface area contributed by atoms with Gasteiger partial charge < -0.3 is 50.0 Å². The molecule has 0 aromatic carbocycles. The Hall–Kier alpha value is -1.41. The average Bonchev–Trinajstić information content (AvgIpc) is 3.37. The van der Waals surface area contributed by atoms with Gasteiger partial charge in [0.2, 0.25) is 0 Å². The van der Waals surface area contributed by atoms with Crippen molar-refractivity contribution in [2.24, 2.45) is 40.4 Å². The number of hydrogen-bond donors (Lipinski definition) is 7. The van der Waals surface area contributed by atoms with Crippen LogP contribution in [0.5, 0.6) is 0 Å². The Bertz CT molecular complexity index is 1180. The lowest BCUT2D eigenvalue weighted by molar-refractivity contribution is -0.299. The second kappa shape index (κ2) is 12.6. The van der Waals surface area contributed by atoms with Crippen LogP contribution in [0, 0.1) is 40.4 Å². The highest BCUT2D eigenvalue weighted by molar-refractivity contribution is 5.89. The van der Waals surface area contributed by atoms with Gasteiger partial charge in [-0.2, -0.15) is 0 Å². The molecular weight excluding hydrogens is 584 g/mol. The molecule has 1 saturated heterocycles. The molecule has 6 aliphatic rings. The van der Waals surface area contributed by atoms with E-state index in [1.54, 1.807) is 6.92 Å². The van der Waals surface area contributed by atoms with Gasteiger partial charge in [-0.05, 0) is 86.0 Å². The van der Waals surface area contributed by atoms with E-state index in [2.05, 4.69) is 19.9 Å². The van der Waals surface area contributed by atoms with Crippen molar-refractivity contribution in [2.75, 3.05) is 19.8 Å². The third kappa shape index (κ3) is 5.34. The van der Waals surface area contributed by atoms with Crippen molar-refractivity contribution in [3.8, 4) is 0 Å². The number of carbonyl (C=O) groups is 1. The molecule has 45 heavy (non-hydrogen) atoms. The van der Waals surface area contributed by atoms with E-state index in [4.69, 9.17) is 14.2 Å². The van der Waals surface area contributed by atoms with Crippen LogP contribution in [-0.2, 0) is 19.0 Å². The van der Waals surface area contributed by atoms with Crippen LogP contribution in [-0.4, -0.2) is 111 Å². The van der Waals surface area contributed by atoms with Gasteiger partial charge in [-0.1, -0.05) is 25.5 Å². The van der Waals surface area contributed by atoms with Crippen LogP contribution < -0.4 is 0 Å². The molecular formula is C34H52O11. The summed E-state index contributed by atoms with van der Waals surface area (Å²) in [5.41, 5.74) is 1.53. The quantitative estimate of drug-likeness (QED) is 0.156. The lowest BCUT2D eigenvalue weighted by Crippen LogP contribution is -2.59. The van der Waals surface area contributed by atoms with Crippen LogP contribution >= 0.6 is 0 Å². The molecule has 254 valence electrons. The molecule has 2 aliphatic heterocycles. The lowest BCUT2D eigenvalue weighted by Gasteiger charge is -2.60. The monoisotopic (exact) mass is 636 g/mol. The van der Waals surface area contributed by atoms with Gasteiger partial charge in [0, 0.05) is 23.8 Å². The fourth-order valence-corrected chi connectivity index (χ4v) is 10.6. The van der Waals surface area contributed by atoms with E-state index in [-0.39, 0.29) is 36.6 Å². The van der Waals surface area contributed by atoms with Crippen molar-refractivity contribution in [2.45, 2.75) is 121 Å². The van der Waals surface area contributed by atoms with Crippen LogP contribution in [0.4, 0.5) is 0 Å². The van der Waals surface area contributed by atoms with Crippen LogP contribution in [0.15, 0.2) is 22.8 Å². The maximum Gasteiger partial charge on any atom is 0.334 e. The Morgan fingerprint density at radius 3 is 2.49 bits per heavy atom. The molecule has 2 heterocycles. The molecule has 3 saturated carbocycles. The number of rotatable bonds is 7. The number of aliphatic hydroxyl groups excluding tert-OH is 7. The third-order valence-corrected chi connectivity index (χ3v) is 13.2. The van der Waals surface area contributed by atoms with Crippen molar-refractivity contribution in [3.63, 3.8) is 0 Å². The Morgan fingerprint density at radius 1 is 1.02 bits per heavy atom. The highest BCUT2D eigenvalue weighted by Crippen LogP contribution is 2.67. The SMILES string of the molecule is CC1=C(CO[C@@H]2O[C@H](CO)[C@@H](O)[C@H](O)[C@H]2O)C[C@H]([C@@H](C)[C@H]2CC[C@H]3[C@@H]4CC=C5C[C@@H](O)C[C@H](O)[C@]5(CO)[C@H]4CC[C@]23C)OC1=O. The van der Waals surface area contributed by atoms with Gasteiger partial charge in [0.15, 0.2) is 6.29 Å². The summed E-state index contributed by atoms with van der Waals surface area (Å²) >= 11 is 0. The van der Waals surface area contributed by atoms with E-state index in [0.29, 0.717) is 42.6 Å². The minimum atomic E-state index is -1.54. The molecule has 0 amide bonds. The Labute approximate surface area is 264 Å². The first-order valence-corrected chi connectivity index (χ1v) is 16.9. The van der Waals surface area contributed by atoms with E-state index in [1.165, 1.54) is 0 Å². The summed E-state index contributed by atoms with van der Waals surface area (Å²) in [5, 5.41) is 72.5. The number of esters is 1. The zero-order valence-corrected chi connectivity index (χ0v) is 26.6. The van der Waals surface area contributed by atoms with Gasteiger partial charge in [-0.15, -0.1) is 0 Å². The predicted molar refractivity (Wildman–Crippen MR) is 160 cm³/mol. The molecule has 0 aromatic heterocycles. The Morgan fingerprint density at radius 2 is 1.78 bits per heavy atom. The molecule has 4 fully saturated rings. The second-order valence-electron chi connectivity index (χ2n) is 15.1. The number of hydrogen-bond acceptors (Lipinski definition) is 11. The number of cyclic esters (lactones) is 1.